The molecule has 7 heteroatoms. The number of urea groups is 1. The Hall–Kier alpha value is -2.80. The molecule has 0 radical (unpaired) electrons. The van der Waals surface area contributed by atoms with Gasteiger partial charge >= 0.3 is 6.03 Å². The molecule has 3 aromatic rings. The molecule has 2 heterocycles. The molecule has 0 spiro atoms. The van der Waals surface area contributed by atoms with Gasteiger partial charge in [-0.3, -0.25) is 0 Å². The highest BCUT2D eigenvalue weighted by molar-refractivity contribution is 7.13. The quantitative estimate of drug-likeness (QED) is 0.647. The Kier molecular flexibility index (Phi) is 5.91. The lowest BCUT2D eigenvalue weighted by Crippen LogP contribution is -2.36. The summed E-state index contributed by atoms with van der Waals surface area (Å²) < 4.78 is 10.9. The summed E-state index contributed by atoms with van der Waals surface area (Å²) in [5.41, 5.74) is 1.68. The first-order valence-electron chi connectivity index (χ1n) is 8.41. The van der Waals surface area contributed by atoms with Gasteiger partial charge in [0.05, 0.1) is 29.8 Å². The van der Waals surface area contributed by atoms with Gasteiger partial charge in [-0.15, -0.1) is 11.3 Å². The van der Waals surface area contributed by atoms with Crippen LogP contribution in [0.5, 0.6) is 5.75 Å². The Labute approximate surface area is 156 Å². The minimum Gasteiger partial charge on any atom is -0.494 e. The molecule has 0 fully saturated rings. The predicted octanol–water partition coefficient (Wildman–Crippen LogP) is 4.36. The fraction of sp³-hybridized carbons (Fsp3) is 0.263. The van der Waals surface area contributed by atoms with E-state index in [0.29, 0.717) is 24.7 Å². The molecule has 3 rings (SSSR count). The van der Waals surface area contributed by atoms with Crippen LogP contribution in [0.4, 0.5) is 4.79 Å². The maximum atomic E-state index is 12.1. The summed E-state index contributed by atoms with van der Waals surface area (Å²) in [7, 11) is 0. The monoisotopic (exact) mass is 371 g/mol. The number of nitrogens with one attached hydrogen (secondary N) is 2. The van der Waals surface area contributed by atoms with E-state index in [2.05, 4.69) is 15.6 Å². The SMILES string of the molecule is CCOc1ccc([C@H](C)NC(=O)NCc2coc(-c3cccs3)n2)cc1. The molecule has 0 unspecified atom stereocenters. The van der Waals surface area contributed by atoms with E-state index in [4.69, 9.17) is 9.15 Å². The number of carbonyl (C=O) groups excluding carboxylic acids is 1. The van der Waals surface area contributed by atoms with Gasteiger partial charge < -0.3 is 19.8 Å². The summed E-state index contributed by atoms with van der Waals surface area (Å²) in [5.74, 6) is 1.39. The van der Waals surface area contributed by atoms with Crippen molar-refractivity contribution >= 4 is 17.4 Å². The van der Waals surface area contributed by atoms with E-state index in [1.807, 2.05) is 55.6 Å². The number of ether oxygens (including phenoxy) is 1. The van der Waals surface area contributed by atoms with E-state index in [-0.39, 0.29) is 12.1 Å². The first-order valence-corrected chi connectivity index (χ1v) is 9.29. The van der Waals surface area contributed by atoms with Crippen LogP contribution in [-0.2, 0) is 6.54 Å². The number of oxazole rings is 1. The van der Waals surface area contributed by atoms with Crippen LogP contribution in [0.25, 0.3) is 10.8 Å². The number of hydrogen-bond donors (Lipinski definition) is 2. The highest BCUT2D eigenvalue weighted by Crippen LogP contribution is 2.23. The van der Waals surface area contributed by atoms with E-state index in [1.54, 1.807) is 17.6 Å². The molecule has 0 saturated carbocycles. The first kappa shape index (κ1) is 18.0. The molecule has 0 saturated heterocycles. The van der Waals surface area contributed by atoms with Crippen LogP contribution in [0.2, 0.25) is 0 Å². The third kappa shape index (κ3) is 4.64. The molecule has 0 aliphatic rings. The molecule has 136 valence electrons. The van der Waals surface area contributed by atoms with E-state index >= 15 is 0 Å². The van der Waals surface area contributed by atoms with Gasteiger partial charge in [0.15, 0.2) is 0 Å². The van der Waals surface area contributed by atoms with Crippen molar-refractivity contribution in [2.45, 2.75) is 26.4 Å². The highest BCUT2D eigenvalue weighted by atomic mass is 32.1. The average Bonchev–Trinajstić information content (AvgIpc) is 3.32. The Bertz CT molecular complexity index is 828. The van der Waals surface area contributed by atoms with Crippen LogP contribution < -0.4 is 15.4 Å². The van der Waals surface area contributed by atoms with E-state index in [1.165, 1.54) is 0 Å². The van der Waals surface area contributed by atoms with Crippen molar-refractivity contribution in [1.29, 1.82) is 0 Å². The van der Waals surface area contributed by atoms with Crippen LogP contribution in [0.15, 0.2) is 52.5 Å². The Balaban J connectivity index is 1.49. The van der Waals surface area contributed by atoms with Crippen LogP contribution in [0, 0.1) is 0 Å². The van der Waals surface area contributed by atoms with Gasteiger partial charge in [0.2, 0.25) is 5.89 Å². The molecule has 0 bridgehead atoms. The van der Waals surface area contributed by atoms with Gasteiger partial charge in [-0.05, 0) is 43.0 Å². The van der Waals surface area contributed by atoms with Crippen molar-refractivity contribution in [1.82, 2.24) is 15.6 Å². The van der Waals surface area contributed by atoms with Crippen LogP contribution in [-0.4, -0.2) is 17.6 Å². The minimum absolute atomic E-state index is 0.121. The summed E-state index contributed by atoms with van der Waals surface area (Å²) in [6.07, 6.45) is 1.56. The zero-order valence-electron chi connectivity index (χ0n) is 14.7. The highest BCUT2D eigenvalue weighted by Gasteiger charge is 2.11. The molecule has 2 aromatic heterocycles. The predicted molar refractivity (Wildman–Crippen MR) is 101 cm³/mol. The number of nitrogens with zero attached hydrogens (tertiary/aromatic N) is 1. The Morgan fingerprint density at radius 3 is 2.81 bits per heavy atom. The second-order valence-corrected chi connectivity index (χ2v) is 6.62. The number of benzene rings is 1. The summed E-state index contributed by atoms with van der Waals surface area (Å²) in [5, 5.41) is 7.67. The zero-order chi connectivity index (χ0) is 18.4. The van der Waals surface area contributed by atoms with Crippen LogP contribution in [0.3, 0.4) is 0 Å². The van der Waals surface area contributed by atoms with Gasteiger partial charge in [-0.25, -0.2) is 9.78 Å². The summed E-state index contributed by atoms with van der Waals surface area (Å²) in [4.78, 5) is 17.4. The standard InChI is InChI=1S/C19H21N3O3S/c1-3-24-16-8-6-14(7-9-16)13(2)21-19(23)20-11-15-12-25-18(22-15)17-5-4-10-26-17/h4-10,12-13H,3,11H2,1-2H3,(H2,20,21,23)/t13-/m0/s1. The van der Waals surface area contributed by atoms with Gasteiger partial charge in [-0.1, -0.05) is 18.2 Å². The smallest absolute Gasteiger partial charge is 0.315 e. The maximum absolute atomic E-state index is 12.1. The third-order valence-corrected chi connectivity index (χ3v) is 4.61. The lowest BCUT2D eigenvalue weighted by atomic mass is 10.1. The van der Waals surface area contributed by atoms with Crippen LogP contribution >= 0.6 is 11.3 Å². The van der Waals surface area contributed by atoms with Gasteiger partial charge in [-0.2, -0.15) is 0 Å². The molecule has 1 atom stereocenters. The molecule has 26 heavy (non-hydrogen) atoms. The average molecular weight is 371 g/mol. The number of amides is 2. The van der Waals surface area contributed by atoms with Crippen LogP contribution in [0.1, 0.15) is 31.1 Å². The minimum atomic E-state index is -0.257. The Morgan fingerprint density at radius 2 is 2.12 bits per heavy atom. The second kappa shape index (κ2) is 8.53. The van der Waals surface area contributed by atoms with E-state index in [0.717, 1.165) is 16.2 Å². The van der Waals surface area contributed by atoms with Gasteiger partial charge in [0, 0.05) is 0 Å². The molecule has 2 amide bonds. The lowest BCUT2D eigenvalue weighted by molar-refractivity contribution is 0.237. The summed E-state index contributed by atoms with van der Waals surface area (Å²) in [6.45, 7) is 4.81. The number of aromatic nitrogens is 1. The Morgan fingerprint density at radius 1 is 1.31 bits per heavy atom. The molecule has 0 aliphatic heterocycles. The fourth-order valence-corrected chi connectivity index (χ4v) is 3.08. The van der Waals surface area contributed by atoms with Gasteiger partial charge in [0.1, 0.15) is 12.0 Å². The van der Waals surface area contributed by atoms with Crippen molar-refractivity contribution in [2.75, 3.05) is 6.61 Å². The zero-order valence-corrected chi connectivity index (χ0v) is 15.5. The fourth-order valence-electron chi connectivity index (χ4n) is 2.42. The second-order valence-electron chi connectivity index (χ2n) is 5.67. The first-order chi connectivity index (χ1) is 12.7. The lowest BCUT2D eigenvalue weighted by Gasteiger charge is -2.15. The molecule has 0 aliphatic carbocycles. The number of hydrogen-bond acceptors (Lipinski definition) is 5. The topological polar surface area (TPSA) is 76.4 Å². The van der Waals surface area contributed by atoms with Crippen molar-refractivity contribution in [2.24, 2.45) is 0 Å². The van der Waals surface area contributed by atoms with Crippen molar-refractivity contribution in [3.63, 3.8) is 0 Å². The molecule has 1 aromatic carbocycles. The molecule has 6 nitrogen and oxygen atoms in total. The van der Waals surface area contributed by atoms with Gasteiger partial charge in [0.25, 0.3) is 0 Å². The largest absolute Gasteiger partial charge is 0.494 e. The molecular formula is C19H21N3O3S. The maximum Gasteiger partial charge on any atom is 0.315 e. The number of carbonyl (C=O) groups is 1. The molecular weight excluding hydrogens is 350 g/mol. The summed E-state index contributed by atoms with van der Waals surface area (Å²) in [6, 6.07) is 11.2. The van der Waals surface area contributed by atoms with Crippen molar-refractivity contribution in [3.8, 4) is 16.5 Å². The number of thiophene rings is 1. The van der Waals surface area contributed by atoms with Crippen molar-refractivity contribution < 1.29 is 13.9 Å². The van der Waals surface area contributed by atoms with Crippen molar-refractivity contribution in [3.05, 3.63) is 59.3 Å². The summed E-state index contributed by atoms with van der Waals surface area (Å²) >= 11 is 1.56. The molecule has 2 N–H and O–H groups in total. The van der Waals surface area contributed by atoms with E-state index in [9.17, 15) is 4.79 Å². The third-order valence-electron chi connectivity index (χ3n) is 3.75. The normalized spacial score (nSPS) is 11.8. The van der Waals surface area contributed by atoms with E-state index < -0.39 is 0 Å². The number of rotatable bonds is 7.